The first-order valence-corrected chi connectivity index (χ1v) is 7.56. The maximum atomic E-state index is 11.4. The highest BCUT2D eigenvalue weighted by atomic mass is 32.2. The van der Waals surface area contributed by atoms with E-state index in [1.807, 2.05) is 18.2 Å². The molecule has 1 amide bonds. The second kappa shape index (κ2) is 6.56. The number of carbonyl (C=O) groups excluding carboxylic acids is 1. The summed E-state index contributed by atoms with van der Waals surface area (Å²) in [6.07, 6.45) is 1.68. The smallest absolute Gasteiger partial charge is 0.230 e. The van der Waals surface area contributed by atoms with Crippen LogP contribution in [0.1, 0.15) is 5.01 Å². The number of hydrogen-bond acceptors (Lipinski definition) is 4. The molecule has 18 heavy (non-hydrogen) atoms. The summed E-state index contributed by atoms with van der Waals surface area (Å²) in [7, 11) is 0. The monoisotopic (exact) mass is 278 g/mol. The van der Waals surface area contributed by atoms with E-state index >= 15 is 0 Å². The molecule has 5 heteroatoms. The van der Waals surface area contributed by atoms with Gasteiger partial charge < -0.3 is 5.32 Å². The van der Waals surface area contributed by atoms with Gasteiger partial charge in [-0.25, -0.2) is 4.98 Å². The van der Waals surface area contributed by atoms with Gasteiger partial charge in [0.1, 0.15) is 5.01 Å². The van der Waals surface area contributed by atoms with Gasteiger partial charge in [-0.1, -0.05) is 18.2 Å². The van der Waals surface area contributed by atoms with Crippen LogP contribution in [0.4, 0.5) is 0 Å². The number of fused-ring (bicyclic) bond motifs is 1. The van der Waals surface area contributed by atoms with E-state index in [0.717, 1.165) is 16.3 Å². The quantitative estimate of drug-likeness (QED) is 0.826. The molecule has 1 aromatic heterocycles. The summed E-state index contributed by atoms with van der Waals surface area (Å²) < 4.78 is 1.20. The largest absolute Gasteiger partial charge is 0.352 e. The summed E-state index contributed by atoms with van der Waals surface area (Å²) in [5, 5.41) is 3.82. The van der Waals surface area contributed by atoms with Crippen LogP contribution in [0.5, 0.6) is 0 Å². The van der Waals surface area contributed by atoms with Crippen molar-refractivity contribution in [3.05, 3.63) is 41.9 Å². The molecule has 3 nitrogen and oxygen atoms in total. The maximum absolute atomic E-state index is 11.4. The molecule has 1 heterocycles. The van der Waals surface area contributed by atoms with Crippen LogP contribution in [0.2, 0.25) is 0 Å². The Hall–Kier alpha value is -1.33. The van der Waals surface area contributed by atoms with E-state index in [9.17, 15) is 4.79 Å². The molecule has 2 aromatic rings. The first kappa shape index (κ1) is 13.1. The zero-order valence-electron chi connectivity index (χ0n) is 9.89. The Morgan fingerprint density at radius 2 is 2.33 bits per heavy atom. The predicted molar refractivity (Wildman–Crippen MR) is 79.0 cm³/mol. The van der Waals surface area contributed by atoms with Gasteiger partial charge in [-0.05, 0) is 12.1 Å². The second-order valence-electron chi connectivity index (χ2n) is 3.66. The van der Waals surface area contributed by atoms with Gasteiger partial charge in [-0.3, -0.25) is 4.79 Å². The Kier molecular flexibility index (Phi) is 4.78. The lowest BCUT2D eigenvalue weighted by molar-refractivity contribution is -0.118. The summed E-state index contributed by atoms with van der Waals surface area (Å²) in [6.45, 7) is 4.08. The predicted octanol–water partition coefficient (Wildman–Crippen LogP) is 2.83. The molecule has 0 fully saturated rings. The van der Waals surface area contributed by atoms with Gasteiger partial charge >= 0.3 is 0 Å². The highest BCUT2D eigenvalue weighted by Gasteiger charge is 2.05. The Morgan fingerprint density at radius 3 is 3.11 bits per heavy atom. The average molecular weight is 278 g/mol. The number of benzene rings is 1. The molecule has 0 bridgehead atoms. The van der Waals surface area contributed by atoms with Crippen molar-refractivity contribution in [2.75, 3.05) is 12.3 Å². The summed E-state index contributed by atoms with van der Waals surface area (Å²) in [5.74, 6) is 1.28. The minimum Gasteiger partial charge on any atom is -0.352 e. The van der Waals surface area contributed by atoms with E-state index in [1.54, 1.807) is 29.2 Å². The molecular formula is C13H14N2OS2. The van der Waals surface area contributed by atoms with Crippen LogP contribution >= 0.6 is 23.1 Å². The van der Waals surface area contributed by atoms with Gasteiger partial charge in [-0.15, -0.1) is 29.7 Å². The lowest BCUT2D eigenvalue weighted by atomic mass is 10.3. The zero-order chi connectivity index (χ0) is 12.8. The molecule has 94 valence electrons. The topological polar surface area (TPSA) is 42.0 Å². The van der Waals surface area contributed by atoms with E-state index in [4.69, 9.17) is 0 Å². The van der Waals surface area contributed by atoms with Crippen LogP contribution < -0.4 is 5.32 Å². The number of rotatable bonds is 6. The number of nitrogens with zero attached hydrogens (tertiary/aromatic N) is 1. The van der Waals surface area contributed by atoms with Crippen molar-refractivity contribution in [2.24, 2.45) is 0 Å². The van der Waals surface area contributed by atoms with Crippen LogP contribution in [0.3, 0.4) is 0 Å². The van der Waals surface area contributed by atoms with Crippen molar-refractivity contribution in [1.29, 1.82) is 0 Å². The first-order chi connectivity index (χ1) is 8.79. The molecule has 0 unspecified atom stereocenters. The Bertz CT molecular complexity index is 518. The molecule has 0 spiro atoms. The number of carbonyl (C=O) groups is 1. The minimum atomic E-state index is 0.0426. The van der Waals surface area contributed by atoms with Crippen molar-refractivity contribution in [1.82, 2.24) is 10.3 Å². The normalized spacial score (nSPS) is 10.4. The van der Waals surface area contributed by atoms with E-state index in [2.05, 4.69) is 22.9 Å². The molecule has 0 aliphatic heterocycles. The zero-order valence-corrected chi connectivity index (χ0v) is 11.5. The highest BCUT2D eigenvalue weighted by Crippen LogP contribution is 2.24. The van der Waals surface area contributed by atoms with Crippen LogP contribution in [0.25, 0.3) is 10.2 Å². The Labute approximate surface area is 114 Å². The number of hydrogen-bond donors (Lipinski definition) is 1. The minimum absolute atomic E-state index is 0.0426. The number of nitrogens with one attached hydrogen (secondary N) is 1. The van der Waals surface area contributed by atoms with Crippen molar-refractivity contribution in [3.8, 4) is 0 Å². The Balaban J connectivity index is 1.83. The molecule has 0 aliphatic carbocycles. The van der Waals surface area contributed by atoms with Gasteiger partial charge in [0.25, 0.3) is 0 Å². The van der Waals surface area contributed by atoms with Crippen molar-refractivity contribution in [2.45, 2.75) is 5.75 Å². The molecular weight excluding hydrogens is 264 g/mol. The fraction of sp³-hybridized carbons (Fsp3) is 0.231. The molecule has 1 aromatic carbocycles. The number of amides is 1. The van der Waals surface area contributed by atoms with Gasteiger partial charge in [0, 0.05) is 12.3 Å². The summed E-state index contributed by atoms with van der Waals surface area (Å²) in [4.78, 5) is 15.9. The number of aromatic nitrogens is 1. The van der Waals surface area contributed by atoms with Crippen molar-refractivity contribution < 1.29 is 4.79 Å². The fourth-order valence-electron chi connectivity index (χ4n) is 1.45. The Morgan fingerprint density at radius 1 is 1.50 bits per heavy atom. The van der Waals surface area contributed by atoms with E-state index in [0.29, 0.717) is 12.3 Å². The standard InChI is InChI=1S/C13H14N2OS2/c1-2-7-14-12(16)8-17-9-13-15-10-5-3-4-6-11(10)18-13/h2-6H,1,7-9H2,(H,14,16). The van der Waals surface area contributed by atoms with Gasteiger partial charge in [0.2, 0.25) is 5.91 Å². The number of para-hydroxylation sites is 1. The van der Waals surface area contributed by atoms with Crippen LogP contribution in [-0.2, 0) is 10.5 Å². The third-order valence-electron chi connectivity index (χ3n) is 2.24. The van der Waals surface area contributed by atoms with Crippen molar-refractivity contribution in [3.63, 3.8) is 0 Å². The fourth-order valence-corrected chi connectivity index (χ4v) is 3.33. The van der Waals surface area contributed by atoms with E-state index in [1.165, 1.54) is 4.70 Å². The third-order valence-corrected chi connectivity index (χ3v) is 4.40. The van der Waals surface area contributed by atoms with Gasteiger partial charge in [0.15, 0.2) is 0 Å². The van der Waals surface area contributed by atoms with Crippen LogP contribution in [0.15, 0.2) is 36.9 Å². The molecule has 2 rings (SSSR count). The molecule has 0 radical (unpaired) electrons. The molecule has 1 N–H and O–H groups in total. The molecule has 0 aliphatic rings. The summed E-state index contributed by atoms with van der Waals surface area (Å²) in [5.41, 5.74) is 1.04. The summed E-state index contributed by atoms with van der Waals surface area (Å²) >= 11 is 3.27. The van der Waals surface area contributed by atoms with Crippen LogP contribution in [-0.4, -0.2) is 23.2 Å². The van der Waals surface area contributed by atoms with Gasteiger partial charge in [0.05, 0.1) is 16.0 Å². The van der Waals surface area contributed by atoms with E-state index < -0.39 is 0 Å². The summed E-state index contributed by atoms with van der Waals surface area (Å²) in [6, 6.07) is 8.08. The van der Waals surface area contributed by atoms with Crippen molar-refractivity contribution >= 4 is 39.2 Å². The van der Waals surface area contributed by atoms with E-state index in [-0.39, 0.29) is 5.91 Å². The van der Waals surface area contributed by atoms with Gasteiger partial charge in [-0.2, -0.15) is 0 Å². The number of thiazole rings is 1. The highest BCUT2D eigenvalue weighted by molar-refractivity contribution is 7.99. The average Bonchev–Trinajstić information content (AvgIpc) is 2.79. The molecule has 0 saturated carbocycles. The lowest BCUT2D eigenvalue weighted by Crippen LogP contribution is -2.24. The SMILES string of the molecule is C=CCNC(=O)CSCc1nc2ccccc2s1. The first-order valence-electron chi connectivity index (χ1n) is 5.59. The molecule has 0 atom stereocenters. The second-order valence-corrected chi connectivity index (χ2v) is 5.76. The maximum Gasteiger partial charge on any atom is 0.230 e. The number of thioether (sulfide) groups is 1. The lowest BCUT2D eigenvalue weighted by Gasteiger charge is -2.00. The van der Waals surface area contributed by atoms with Crippen LogP contribution in [0, 0.1) is 0 Å². The third kappa shape index (κ3) is 3.58. The molecule has 0 saturated heterocycles.